The Bertz CT molecular complexity index is 909. The van der Waals surface area contributed by atoms with Gasteiger partial charge in [-0.25, -0.2) is 0 Å². The van der Waals surface area contributed by atoms with Crippen molar-refractivity contribution in [2.45, 2.75) is 25.8 Å². The maximum Gasteiger partial charge on any atom is 0.305 e. The van der Waals surface area contributed by atoms with Crippen LogP contribution < -0.4 is 10.5 Å². The lowest BCUT2D eigenvalue weighted by Gasteiger charge is -2.23. The molecule has 2 atom stereocenters. The summed E-state index contributed by atoms with van der Waals surface area (Å²) >= 11 is 0. The maximum absolute atomic E-state index is 12.0. The quantitative estimate of drug-likeness (QED) is 0.416. The molecule has 0 spiro atoms. The lowest BCUT2D eigenvalue weighted by atomic mass is 10.0. The molecule has 2 aromatic carbocycles. The van der Waals surface area contributed by atoms with Crippen LogP contribution in [-0.2, 0) is 14.3 Å². The fraction of sp³-hybridized carbons (Fsp3) is 0.348. The van der Waals surface area contributed by atoms with E-state index in [9.17, 15) is 9.59 Å². The van der Waals surface area contributed by atoms with E-state index in [0.29, 0.717) is 25.1 Å². The van der Waals surface area contributed by atoms with Crippen molar-refractivity contribution in [1.82, 2.24) is 4.90 Å². The van der Waals surface area contributed by atoms with Crippen molar-refractivity contribution in [3.63, 3.8) is 0 Å². The minimum Gasteiger partial charge on any atom is -0.491 e. The summed E-state index contributed by atoms with van der Waals surface area (Å²) < 4.78 is 10.7. The van der Waals surface area contributed by atoms with Gasteiger partial charge >= 0.3 is 5.97 Å². The van der Waals surface area contributed by atoms with E-state index in [2.05, 4.69) is 0 Å². The van der Waals surface area contributed by atoms with Crippen molar-refractivity contribution < 1.29 is 19.1 Å². The first-order chi connectivity index (χ1) is 14.4. The number of benzene rings is 2. The normalized spacial score (nSPS) is 18.1. The number of hydrogen-bond acceptors (Lipinski definition) is 5. The molecule has 30 heavy (non-hydrogen) atoms. The van der Waals surface area contributed by atoms with Gasteiger partial charge in [0.2, 0.25) is 5.91 Å². The molecule has 0 bridgehead atoms. The van der Waals surface area contributed by atoms with Crippen molar-refractivity contribution in [3.8, 4) is 16.9 Å². The molecule has 1 heterocycles. The molecule has 1 fully saturated rings. The molecule has 0 aliphatic carbocycles. The van der Waals surface area contributed by atoms with Gasteiger partial charge in [0.1, 0.15) is 18.2 Å². The third-order valence-corrected chi connectivity index (χ3v) is 5.41. The van der Waals surface area contributed by atoms with Crippen molar-refractivity contribution >= 4 is 17.7 Å². The molecule has 1 saturated heterocycles. The topological polar surface area (TPSA) is 106 Å². The molecule has 1 aliphatic heterocycles. The summed E-state index contributed by atoms with van der Waals surface area (Å²) in [4.78, 5) is 25.3. The van der Waals surface area contributed by atoms with Crippen LogP contribution >= 0.6 is 0 Å². The van der Waals surface area contributed by atoms with Gasteiger partial charge in [-0.3, -0.25) is 15.0 Å². The van der Waals surface area contributed by atoms with Gasteiger partial charge in [0.15, 0.2) is 0 Å². The van der Waals surface area contributed by atoms with E-state index in [-0.39, 0.29) is 29.7 Å². The van der Waals surface area contributed by atoms with E-state index in [1.807, 2.05) is 48.5 Å². The monoisotopic (exact) mass is 409 g/mol. The zero-order valence-corrected chi connectivity index (χ0v) is 17.3. The molecule has 1 aliphatic rings. The summed E-state index contributed by atoms with van der Waals surface area (Å²) in [5.74, 6) is 0.595. The van der Waals surface area contributed by atoms with Crippen molar-refractivity contribution in [3.05, 3.63) is 54.1 Å². The number of nitrogens with two attached hydrogens (primary N) is 1. The Labute approximate surface area is 176 Å². The smallest absolute Gasteiger partial charge is 0.305 e. The van der Waals surface area contributed by atoms with Gasteiger partial charge in [-0.05, 0) is 35.6 Å². The third kappa shape index (κ3) is 5.17. The van der Waals surface area contributed by atoms with Crippen LogP contribution in [0.4, 0.5) is 0 Å². The standard InChI is InChI=1S/C23H27N3O4/c1-15(27)26-13-16(12-22(28)29-2)11-20(26)14-30-21-9-7-18(8-10-21)17-3-5-19(6-4-17)23(24)25/h3-10,16,20H,11-14H2,1-2H3,(H3,24,25)/t16-,20-/m0/s1. The summed E-state index contributed by atoms with van der Waals surface area (Å²) in [6.07, 6.45) is 1.03. The second kappa shape index (κ2) is 9.43. The second-order valence-electron chi connectivity index (χ2n) is 7.53. The first kappa shape index (κ1) is 21.4. The molecule has 1 amide bonds. The number of likely N-dealkylation sites (tertiary alicyclic amines) is 1. The summed E-state index contributed by atoms with van der Waals surface area (Å²) in [6, 6.07) is 15.2. The number of carbonyl (C=O) groups excluding carboxylic acids is 2. The highest BCUT2D eigenvalue weighted by Crippen LogP contribution is 2.28. The number of nitrogens with zero attached hydrogens (tertiary/aromatic N) is 1. The van der Waals surface area contributed by atoms with Gasteiger partial charge in [0.25, 0.3) is 0 Å². The van der Waals surface area contributed by atoms with Crippen LogP contribution in [0.1, 0.15) is 25.3 Å². The Balaban J connectivity index is 1.60. The zero-order chi connectivity index (χ0) is 21.7. The molecule has 3 N–H and O–H groups in total. The largest absolute Gasteiger partial charge is 0.491 e. The van der Waals surface area contributed by atoms with Crippen LogP contribution in [0.2, 0.25) is 0 Å². The number of hydrogen-bond donors (Lipinski definition) is 2. The number of esters is 1. The Morgan fingerprint density at radius 3 is 2.23 bits per heavy atom. The maximum atomic E-state index is 12.0. The Morgan fingerprint density at radius 2 is 1.70 bits per heavy atom. The minimum absolute atomic E-state index is 0.0136. The van der Waals surface area contributed by atoms with E-state index < -0.39 is 0 Å². The van der Waals surface area contributed by atoms with Crippen molar-refractivity contribution in [1.29, 1.82) is 5.41 Å². The van der Waals surface area contributed by atoms with E-state index in [1.165, 1.54) is 7.11 Å². The number of amides is 1. The van der Waals surface area contributed by atoms with Gasteiger partial charge in [-0.15, -0.1) is 0 Å². The predicted molar refractivity (Wildman–Crippen MR) is 114 cm³/mol. The Morgan fingerprint density at radius 1 is 1.10 bits per heavy atom. The minimum atomic E-state index is -0.253. The van der Waals surface area contributed by atoms with E-state index >= 15 is 0 Å². The highest BCUT2D eigenvalue weighted by molar-refractivity contribution is 5.95. The van der Waals surface area contributed by atoms with E-state index in [0.717, 1.165) is 23.3 Å². The van der Waals surface area contributed by atoms with Crippen molar-refractivity contribution in [2.24, 2.45) is 11.7 Å². The highest BCUT2D eigenvalue weighted by Gasteiger charge is 2.35. The van der Waals surface area contributed by atoms with Gasteiger partial charge in [-0.1, -0.05) is 36.4 Å². The van der Waals surface area contributed by atoms with Crippen molar-refractivity contribution in [2.75, 3.05) is 20.3 Å². The summed E-state index contributed by atoms with van der Waals surface area (Å²) in [6.45, 7) is 2.47. The first-order valence-corrected chi connectivity index (χ1v) is 9.89. The number of nitrogen functional groups attached to an aromatic ring is 1. The Hall–Kier alpha value is -3.35. The fourth-order valence-corrected chi connectivity index (χ4v) is 3.80. The van der Waals surface area contributed by atoms with Crippen LogP contribution in [0.3, 0.4) is 0 Å². The molecule has 158 valence electrons. The highest BCUT2D eigenvalue weighted by atomic mass is 16.5. The number of nitrogens with one attached hydrogen (secondary N) is 1. The molecule has 3 rings (SSSR count). The second-order valence-corrected chi connectivity index (χ2v) is 7.53. The van der Waals surface area contributed by atoms with Gasteiger partial charge in [0.05, 0.1) is 19.6 Å². The molecule has 7 nitrogen and oxygen atoms in total. The van der Waals surface area contributed by atoms with Crippen LogP contribution in [0.25, 0.3) is 11.1 Å². The number of amidine groups is 1. The van der Waals surface area contributed by atoms with Crippen LogP contribution in [0.5, 0.6) is 5.75 Å². The molecule has 0 unspecified atom stereocenters. The number of ether oxygens (including phenoxy) is 2. The van der Waals surface area contributed by atoms with Crippen LogP contribution in [-0.4, -0.2) is 48.9 Å². The summed E-state index contributed by atoms with van der Waals surface area (Å²) in [7, 11) is 1.38. The average Bonchev–Trinajstić information content (AvgIpc) is 3.15. The lowest BCUT2D eigenvalue weighted by Crippen LogP contribution is -2.37. The summed E-state index contributed by atoms with van der Waals surface area (Å²) in [5.41, 5.74) is 8.24. The molecular formula is C23H27N3O4. The number of methoxy groups -OCH3 is 1. The van der Waals surface area contributed by atoms with Gasteiger partial charge in [0, 0.05) is 19.0 Å². The number of rotatable bonds is 7. The number of carbonyl (C=O) groups is 2. The van der Waals surface area contributed by atoms with Gasteiger partial charge < -0.3 is 20.1 Å². The third-order valence-electron chi connectivity index (χ3n) is 5.41. The molecule has 0 aromatic heterocycles. The first-order valence-electron chi connectivity index (χ1n) is 9.89. The average molecular weight is 409 g/mol. The van der Waals surface area contributed by atoms with Gasteiger partial charge in [-0.2, -0.15) is 0 Å². The SMILES string of the molecule is COC(=O)C[C@@H]1C[C@@H](COc2ccc(-c3ccc(C(=N)N)cc3)cc2)N(C(C)=O)C1. The molecule has 0 saturated carbocycles. The molecule has 0 radical (unpaired) electrons. The molecule has 7 heteroatoms. The van der Waals surface area contributed by atoms with E-state index in [4.69, 9.17) is 20.6 Å². The van der Waals surface area contributed by atoms with Crippen LogP contribution in [0, 0.1) is 11.3 Å². The lowest BCUT2D eigenvalue weighted by molar-refractivity contribution is -0.142. The zero-order valence-electron chi connectivity index (χ0n) is 17.3. The Kier molecular flexibility index (Phi) is 6.72. The summed E-state index contributed by atoms with van der Waals surface area (Å²) in [5, 5.41) is 7.47. The predicted octanol–water partition coefficient (Wildman–Crippen LogP) is 2.82. The molecular weight excluding hydrogens is 382 g/mol. The fourth-order valence-electron chi connectivity index (χ4n) is 3.80. The van der Waals surface area contributed by atoms with Crippen LogP contribution in [0.15, 0.2) is 48.5 Å². The van der Waals surface area contributed by atoms with E-state index in [1.54, 1.807) is 11.8 Å². The molecule has 2 aromatic rings.